The molecule has 0 aliphatic carbocycles. The van der Waals surface area contributed by atoms with Gasteiger partial charge in [0.2, 0.25) is 0 Å². The first-order valence-electron chi connectivity index (χ1n) is 12.0. The maximum atomic E-state index is 12.9. The average molecular weight is 506 g/mol. The maximum Gasteiger partial charge on any atom is 0.351 e. The number of hydrogen-bond acceptors (Lipinski definition) is 9. The molecule has 0 saturated carbocycles. The monoisotopic (exact) mass is 505 g/mol. The van der Waals surface area contributed by atoms with Crippen molar-refractivity contribution >= 4 is 17.8 Å². The molecule has 2 aromatic carbocycles. The number of carbonyl (C=O) groups excluding carboxylic acids is 2. The highest BCUT2D eigenvalue weighted by atomic mass is 16.6. The van der Waals surface area contributed by atoms with E-state index in [1.807, 2.05) is 38.1 Å². The lowest BCUT2D eigenvalue weighted by atomic mass is 10.1. The van der Waals surface area contributed by atoms with Gasteiger partial charge >= 0.3 is 17.6 Å². The van der Waals surface area contributed by atoms with Crippen LogP contribution in [0.15, 0.2) is 59.5 Å². The summed E-state index contributed by atoms with van der Waals surface area (Å²) in [6.45, 7) is 4.13. The van der Waals surface area contributed by atoms with Crippen molar-refractivity contribution in [3.63, 3.8) is 0 Å². The van der Waals surface area contributed by atoms with Crippen LogP contribution in [0.5, 0.6) is 0 Å². The van der Waals surface area contributed by atoms with Gasteiger partial charge in [0.1, 0.15) is 25.0 Å². The van der Waals surface area contributed by atoms with Gasteiger partial charge in [0.25, 0.3) is 0 Å². The first-order chi connectivity index (χ1) is 17.9. The van der Waals surface area contributed by atoms with Gasteiger partial charge in [-0.3, -0.25) is 9.40 Å². The Bertz CT molecular complexity index is 1350. The Labute approximate surface area is 213 Å². The van der Waals surface area contributed by atoms with Gasteiger partial charge in [-0.1, -0.05) is 35.4 Å². The summed E-state index contributed by atoms with van der Waals surface area (Å²) in [4.78, 5) is 47.4. The molecule has 0 bridgehead atoms. The van der Waals surface area contributed by atoms with Gasteiger partial charge < -0.3 is 14.2 Å². The summed E-state index contributed by atoms with van der Waals surface area (Å²) in [7, 11) is 0. The fourth-order valence-corrected chi connectivity index (χ4v) is 4.24. The number of nitrogens with one attached hydrogen (secondary N) is 1. The summed E-state index contributed by atoms with van der Waals surface area (Å²) in [6, 6.07) is 14.0. The molecule has 1 N–H and O–H groups in total. The SMILES string of the molecule is Cc1ccc(C(=O)OC[C@H]2O[C@@H](n3cc4c(nc3=O)NOCC4)C[C@@H]2OC(=O)c2ccc(C)cc2)cc1. The standard InChI is InChI=1S/C27H27N3O7/c1-16-3-7-18(8-4-16)25(31)34-15-22-21(37-26(32)19-9-5-17(2)6-10-19)13-23(36-22)30-14-20-11-12-35-29-24(20)28-27(30)33/h3-10,14,21-23H,11-13,15H2,1-2H3,(H,28,29,33)/t21-,22+,23+/m0/s1. The zero-order valence-electron chi connectivity index (χ0n) is 20.5. The highest BCUT2D eigenvalue weighted by Gasteiger charge is 2.40. The van der Waals surface area contributed by atoms with E-state index in [0.29, 0.717) is 30.0 Å². The Kier molecular flexibility index (Phi) is 7.02. The molecule has 3 heterocycles. The number of benzene rings is 2. The number of aryl methyl sites for hydroxylation is 2. The normalized spacial score (nSPS) is 20.5. The third-order valence-corrected chi connectivity index (χ3v) is 6.37. The van der Waals surface area contributed by atoms with Crippen LogP contribution < -0.4 is 11.2 Å². The van der Waals surface area contributed by atoms with Crippen LogP contribution in [-0.4, -0.2) is 46.9 Å². The number of carbonyl (C=O) groups is 2. The maximum absolute atomic E-state index is 12.9. The van der Waals surface area contributed by atoms with Gasteiger partial charge in [-0.15, -0.1) is 0 Å². The minimum Gasteiger partial charge on any atom is -0.459 e. The number of ether oxygens (including phenoxy) is 3. The molecule has 0 radical (unpaired) electrons. The Morgan fingerprint density at radius 2 is 1.68 bits per heavy atom. The Morgan fingerprint density at radius 3 is 2.35 bits per heavy atom. The van der Waals surface area contributed by atoms with E-state index < -0.39 is 36.1 Å². The van der Waals surface area contributed by atoms with E-state index in [1.165, 1.54) is 4.57 Å². The van der Waals surface area contributed by atoms with E-state index in [2.05, 4.69) is 10.5 Å². The molecule has 1 saturated heterocycles. The molecule has 1 aromatic heterocycles. The minimum atomic E-state index is -0.779. The van der Waals surface area contributed by atoms with Gasteiger partial charge in [0.15, 0.2) is 5.82 Å². The third-order valence-electron chi connectivity index (χ3n) is 6.37. The number of hydrogen-bond donors (Lipinski definition) is 1. The Morgan fingerprint density at radius 1 is 1.03 bits per heavy atom. The van der Waals surface area contributed by atoms with Gasteiger partial charge in [-0.25, -0.2) is 19.9 Å². The summed E-state index contributed by atoms with van der Waals surface area (Å²) in [5, 5.41) is 0. The molecule has 1 fully saturated rings. The predicted molar refractivity (Wildman–Crippen MR) is 132 cm³/mol. The van der Waals surface area contributed by atoms with Crippen molar-refractivity contribution in [3.05, 3.63) is 93.0 Å². The van der Waals surface area contributed by atoms with Crippen molar-refractivity contribution in [1.29, 1.82) is 0 Å². The molecule has 0 amide bonds. The fraction of sp³-hybridized carbons (Fsp3) is 0.333. The van der Waals surface area contributed by atoms with Crippen LogP contribution in [0.25, 0.3) is 0 Å². The van der Waals surface area contributed by atoms with Crippen LogP contribution in [0.4, 0.5) is 5.82 Å². The van der Waals surface area contributed by atoms with Gasteiger partial charge in [0.05, 0.1) is 17.7 Å². The van der Waals surface area contributed by atoms with Gasteiger partial charge in [-0.2, -0.15) is 4.98 Å². The molecule has 2 aliphatic rings. The average Bonchev–Trinajstić information content (AvgIpc) is 3.29. The molecule has 0 unspecified atom stereocenters. The largest absolute Gasteiger partial charge is 0.459 e. The van der Waals surface area contributed by atoms with Crippen LogP contribution in [0.3, 0.4) is 0 Å². The first kappa shape index (κ1) is 24.7. The second kappa shape index (κ2) is 10.5. The number of anilines is 1. The summed E-state index contributed by atoms with van der Waals surface area (Å²) in [5.74, 6) is -0.674. The van der Waals surface area contributed by atoms with E-state index in [0.717, 1.165) is 16.7 Å². The molecule has 5 rings (SSSR count). The van der Waals surface area contributed by atoms with Crippen molar-refractivity contribution < 1.29 is 28.6 Å². The highest BCUT2D eigenvalue weighted by Crippen LogP contribution is 2.32. The number of rotatable bonds is 6. The molecule has 10 nitrogen and oxygen atoms in total. The van der Waals surface area contributed by atoms with E-state index in [-0.39, 0.29) is 13.0 Å². The van der Waals surface area contributed by atoms with Crippen molar-refractivity contribution in [2.24, 2.45) is 0 Å². The smallest absolute Gasteiger partial charge is 0.351 e. The minimum absolute atomic E-state index is 0.155. The summed E-state index contributed by atoms with van der Waals surface area (Å²) >= 11 is 0. The lowest BCUT2D eigenvalue weighted by Crippen LogP contribution is -2.32. The highest BCUT2D eigenvalue weighted by molar-refractivity contribution is 5.90. The van der Waals surface area contributed by atoms with Crippen molar-refractivity contribution in [3.8, 4) is 0 Å². The zero-order valence-corrected chi connectivity index (χ0v) is 20.5. The molecule has 10 heteroatoms. The molecule has 192 valence electrons. The van der Waals surface area contributed by atoms with Crippen molar-refractivity contribution in [2.75, 3.05) is 18.7 Å². The molecule has 37 heavy (non-hydrogen) atoms. The van der Waals surface area contributed by atoms with Crippen LogP contribution in [0, 0.1) is 13.8 Å². The molecule has 0 spiro atoms. The lowest BCUT2D eigenvalue weighted by molar-refractivity contribution is -0.0583. The van der Waals surface area contributed by atoms with E-state index >= 15 is 0 Å². The van der Waals surface area contributed by atoms with Crippen molar-refractivity contribution in [1.82, 2.24) is 9.55 Å². The van der Waals surface area contributed by atoms with E-state index in [4.69, 9.17) is 19.0 Å². The molecule has 2 aliphatic heterocycles. The quantitative estimate of drug-likeness (QED) is 0.504. The van der Waals surface area contributed by atoms with E-state index in [9.17, 15) is 14.4 Å². The summed E-state index contributed by atoms with van der Waals surface area (Å²) < 4.78 is 18.8. The Hall–Kier alpha value is -4.02. The first-order valence-corrected chi connectivity index (χ1v) is 12.0. The van der Waals surface area contributed by atoms with E-state index in [1.54, 1.807) is 30.5 Å². The van der Waals surface area contributed by atoms with Crippen LogP contribution in [0.2, 0.25) is 0 Å². The lowest BCUT2D eigenvalue weighted by Gasteiger charge is -2.20. The second-order valence-electron chi connectivity index (χ2n) is 9.14. The summed E-state index contributed by atoms with van der Waals surface area (Å²) in [5.41, 5.74) is 5.74. The van der Waals surface area contributed by atoms with Gasteiger partial charge in [-0.05, 0) is 38.1 Å². The topological polar surface area (TPSA) is 118 Å². The molecular weight excluding hydrogens is 478 g/mol. The zero-order chi connectivity index (χ0) is 25.9. The molecule has 3 aromatic rings. The Balaban J connectivity index is 1.35. The van der Waals surface area contributed by atoms with Crippen LogP contribution in [-0.2, 0) is 25.5 Å². The predicted octanol–water partition coefficient (Wildman–Crippen LogP) is 3.13. The van der Waals surface area contributed by atoms with Crippen LogP contribution in [0.1, 0.15) is 50.1 Å². The summed E-state index contributed by atoms with van der Waals surface area (Å²) in [6.07, 6.45) is 0.143. The number of nitrogens with zero attached hydrogens (tertiary/aromatic N) is 2. The third kappa shape index (κ3) is 5.55. The molecule has 3 atom stereocenters. The van der Waals surface area contributed by atoms with Crippen molar-refractivity contribution in [2.45, 2.75) is 45.1 Å². The van der Waals surface area contributed by atoms with Crippen LogP contribution >= 0.6 is 0 Å². The van der Waals surface area contributed by atoms with Gasteiger partial charge in [0, 0.05) is 24.6 Å². The second-order valence-corrected chi connectivity index (χ2v) is 9.14. The molecular formula is C27H27N3O7. The number of aromatic nitrogens is 2. The number of esters is 2. The fourth-order valence-electron chi connectivity index (χ4n) is 4.24. The number of fused-ring (bicyclic) bond motifs is 1.